The highest BCUT2D eigenvalue weighted by molar-refractivity contribution is 5.88. The number of methoxy groups -OCH3 is 1. The molecule has 13 heavy (non-hydrogen) atoms. The fraction of sp³-hybridized carbons (Fsp3) is 0.889. The van der Waals surface area contributed by atoms with E-state index in [9.17, 15) is 4.79 Å². The lowest BCUT2D eigenvalue weighted by molar-refractivity contribution is -0.148. The third kappa shape index (κ3) is 2.42. The molecule has 0 spiro atoms. The number of halogens is 1. The Morgan fingerprint density at radius 1 is 1.62 bits per heavy atom. The van der Waals surface area contributed by atoms with Gasteiger partial charge in [0.15, 0.2) is 5.78 Å². The van der Waals surface area contributed by atoms with Crippen molar-refractivity contribution >= 4 is 18.2 Å². The molecule has 0 aromatic carbocycles. The summed E-state index contributed by atoms with van der Waals surface area (Å²) < 4.78 is 5.22. The highest BCUT2D eigenvalue weighted by atomic mass is 35.5. The molecule has 1 aliphatic heterocycles. The van der Waals surface area contributed by atoms with E-state index in [1.165, 1.54) is 0 Å². The maximum Gasteiger partial charge on any atom is 0.167 e. The first-order valence-electron chi connectivity index (χ1n) is 4.28. The topological polar surface area (TPSA) is 29.5 Å². The lowest BCUT2D eigenvalue weighted by atomic mass is 9.90. The second-order valence-electron chi connectivity index (χ2n) is 3.83. The zero-order chi connectivity index (χ0) is 9.35. The molecule has 1 heterocycles. The van der Waals surface area contributed by atoms with E-state index < -0.39 is 5.60 Å². The van der Waals surface area contributed by atoms with Crippen molar-refractivity contribution in [2.45, 2.75) is 31.9 Å². The summed E-state index contributed by atoms with van der Waals surface area (Å²) in [6.07, 6.45) is 0.598. The second kappa shape index (κ2) is 4.40. The standard InChI is InChI=1S/C9H17NO2.ClH/c1-7-5-8(11)9(2,12-4)6-10(7)3;/h7H,5-6H2,1-4H3;1H. The van der Waals surface area contributed by atoms with Crippen LogP contribution in [-0.4, -0.2) is 43.0 Å². The van der Waals surface area contributed by atoms with Gasteiger partial charge in [-0.15, -0.1) is 12.4 Å². The molecule has 1 rings (SSSR count). The fourth-order valence-corrected chi connectivity index (χ4v) is 1.54. The van der Waals surface area contributed by atoms with Crippen LogP contribution < -0.4 is 0 Å². The van der Waals surface area contributed by atoms with Crippen LogP contribution in [0.4, 0.5) is 0 Å². The summed E-state index contributed by atoms with van der Waals surface area (Å²) in [7, 11) is 3.62. The number of rotatable bonds is 1. The van der Waals surface area contributed by atoms with Gasteiger partial charge in [-0.25, -0.2) is 0 Å². The Morgan fingerprint density at radius 3 is 2.62 bits per heavy atom. The zero-order valence-corrected chi connectivity index (χ0v) is 9.48. The first-order valence-corrected chi connectivity index (χ1v) is 4.28. The molecule has 2 unspecified atom stereocenters. The van der Waals surface area contributed by atoms with Gasteiger partial charge in [-0.2, -0.15) is 0 Å². The SMILES string of the molecule is COC1(C)CN(C)C(C)CC1=O.Cl. The molecule has 0 aliphatic carbocycles. The molecule has 4 heteroatoms. The van der Waals surface area contributed by atoms with Crippen molar-refractivity contribution in [1.29, 1.82) is 0 Å². The Kier molecular flexibility index (Phi) is 4.36. The van der Waals surface area contributed by atoms with Gasteiger partial charge in [-0.05, 0) is 20.9 Å². The molecule has 1 aliphatic rings. The number of Topliss-reactive ketones (excluding diaryl/α,β-unsaturated/α-hetero) is 1. The van der Waals surface area contributed by atoms with Gasteiger partial charge < -0.3 is 4.74 Å². The van der Waals surface area contributed by atoms with Crippen LogP contribution in [0.3, 0.4) is 0 Å². The quantitative estimate of drug-likeness (QED) is 0.645. The van der Waals surface area contributed by atoms with E-state index in [0.717, 1.165) is 0 Å². The monoisotopic (exact) mass is 207 g/mol. The highest BCUT2D eigenvalue weighted by Gasteiger charge is 2.40. The van der Waals surface area contributed by atoms with Crippen molar-refractivity contribution in [3.8, 4) is 0 Å². The van der Waals surface area contributed by atoms with Crippen molar-refractivity contribution in [1.82, 2.24) is 4.90 Å². The summed E-state index contributed by atoms with van der Waals surface area (Å²) >= 11 is 0. The number of likely N-dealkylation sites (tertiary alicyclic amines) is 1. The number of carbonyl (C=O) groups excluding carboxylic acids is 1. The predicted octanol–water partition coefficient (Wildman–Crippen LogP) is 1.11. The van der Waals surface area contributed by atoms with Crippen LogP contribution in [0.2, 0.25) is 0 Å². The van der Waals surface area contributed by atoms with Gasteiger partial charge in [0.1, 0.15) is 5.60 Å². The summed E-state index contributed by atoms with van der Waals surface area (Å²) in [5.41, 5.74) is -0.582. The highest BCUT2D eigenvalue weighted by Crippen LogP contribution is 2.23. The summed E-state index contributed by atoms with van der Waals surface area (Å²) in [4.78, 5) is 13.7. The zero-order valence-electron chi connectivity index (χ0n) is 8.66. The Labute approximate surface area is 85.8 Å². The summed E-state index contributed by atoms with van der Waals surface area (Å²) in [5.74, 6) is 0.218. The molecular formula is C9H18ClNO2. The van der Waals surface area contributed by atoms with Gasteiger partial charge in [0.25, 0.3) is 0 Å². The Balaban J connectivity index is 0.00000144. The van der Waals surface area contributed by atoms with Gasteiger partial charge in [-0.1, -0.05) is 0 Å². The van der Waals surface area contributed by atoms with Crippen molar-refractivity contribution in [3.05, 3.63) is 0 Å². The first kappa shape index (κ1) is 12.9. The number of likely N-dealkylation sites (N-methyl/N-ethyl adjacent to an activating group) is 1. The van der Waals surface area contributed by atoms with Gasteiger partial charge >= 0.3 is 0 Å². The van der Waals surface area contributed by atoms with Gasteiger partial charge in [0, 0.05) is 26.1 Å². The van der Waals surface area contributed by atoms with Crippen molar-refractivity contribution in [2.75, 3.05) is 20.7 Å². The van der Waals surface area contributed by atoms with E-state index in [2.05, 4.69) is 11.8 Å². The smallest absolute Gasteiger partial charge is 0.167 e. The molecule has 0 aromatic heterocycles. The largest absolute Gasteiger partial charge is 0.369 e. The average molecular weight is 208 g/mol. The summed E-state index contributed by atoms with van der Waals surface area (Å²) in [6.45, 7) is 4.62. The number of carbonyl (C=O) groups is 1. The minimum atomic E-state index is -0.582. The number of ketones is 1. The van der Waals surface area contributed by atoms with Crippen LogP contribution >= 0.6 is 12.4 Å². The van der Waals surface area contributed by atoms with Crippen LogP contribution in [0.1, 0.15) is 20.3 Å². The molecule has 0 aromatic rings. The van der Waals surface area contributed by atoms with E-state index >= 15 is 0 Å². The number of nitrogens with zero attached hydrogens (tertiary/aromatic N) is 1. The van der Waals surface area contributed by atoms with E-state index in [0.29, 0.717) is 19.0 Å². The number of hydrogen-bond acceptors (Lipinski definition) is 3. The molecule has 1 saturated heterocycles. The van der Waals surface area contributed by atoms with E-state index in [1.807, 2.05) is 14.0 Å². The Morgan fingerprint density at radius 2 is 2.15 bits per heavy atom. The number of piperidine rings is 1. The molecule has 0 N–H and O–H groups in total. The average Bonchev–Trinajstić information content (AvgIpc) is 2.01. The minimum Gasteiger partial charge on any atom is -0.369 e. The molecule has 78 valence electrons. The normalized spacial score (nSPS) is 35.7. The van der Waals surface area contributed by atoms with Gasteiger partial charge in [0.05, 0.1) is 0 Å². The maximum atomic E-state index is 11.6. The van der Waals surface area contributed by atoms with Crippen LogP contribution in [-0.2, 0) is 9.53 Å². The molecule has 0 bridgehead atoms. The Bertz CT molecular complexity index is 198. The van der Waals surface area contributed by atoms with Crippen LogP contribution in [0.15, 0.2) is 0 Å². The molecule has 0 saturated carbocycles. The van der Waals surface area contributed by atoms with E-state index in [-0.39, 0.29) is 18.2 Å². The minimum absolute atomic E-state index is 0. The lowest BCUT2D eigenvalue weighted by Gasteiger charge is -2.40. The van der Waals surface area contributed by atoms with Crippen LogP contribution in [0.5, 0.6) is 0 Å². The maximum absolute atomic E-state index is 11.6. The Hall–Kier alpha value is -0.120. The molecule has 0 amide bonds. The van der Waals surface area contributed by atoms with Crippen LogP contribution in [0, 0.1) is 0 Å². The molecule has 3 nitrogen and oxygen atoms in total. The third-order valence-corrected chi connectivity index (χ3v) is 2.82. The van der Waals surface area contributed by atoms with Gasteiger partial charge in [0.2, 0.25) is 0 Å². The van der Waals surface area contributed by atoms with Crippen molar-refractivity contribution in [2.24, 2.45) is 0 Å². The lowest BCUT2D eigenvalue weighted by Crippen LogP contribution is -2.55. The van der Waals surface area contributed by atoms with Crippen LogP contribution in [0.25, 0.3) is 0 Å². The second-order valence-corrected chi connectivity index (χ2v) is 3.83. The van der Waals surface area contributed by atoms with Gasteiger partial charge in [-0.3, -0.25) is 9.69 Å². The van der Waals surface area contributed by atoms with Crippen molar-refractivity contribution < 1.29 is 9.53 Å². The molecule has 1 fully saturated rings. The van der Waals surface area contributed by atoms with Crippen molar-refractivity contribution in [3.63, 3.8) is 0 Å². The fourth-order valence-electron chi connectivity index (χ4n) is 1.54. The van der Waals surface area contributed by atoms with E-state index in [4.69, 9.17) is 4.74 Å². The summed E-state index contributed by atoms with van der Waals surface area (Å²) in [5, 5.41) is 0. The summed E-state index contributed by atoms with van der Waals surface area (Å²) in [6, 6.07) is 0.348. The van der Waals surface area contributed by atoms with E-state index in [1.54, 1.807) is 7.11 Å². The third-order valence-electron chi connectivity index (χ3n) is 2.82. The molecule has 2 atom stereocenters. The molecule has 0 radical (unpaired) electrons. The molecular weight excluding hydrogens is 190 g/mol. The first-order chi connectivity index (χ1) is 5.49. The number of ether oxygens (including phenoxy) is 1. The number of hydrogen-bond donors (Lipinski definition) is 0. The predicted molar refractivity (Wildman–Crippen MR) is 54.4 cm³/mol.